The van der Waals surface area contributed by atoms with Crippen molar-refractivity contribution in [2.24, 2.45) is 0 Å². The normalized spacial score (nSPS) is 11.2. The third kappa shape index (κ3) is 3.50. The zero-order chi connectivity index (χ0) is 15.5. The monoisotopic (exact) mass is 308 g/mol. The van der Waals surface area contributed by atoms with Gasteiger partial charge < -0.3 is 9.84 Å². The number of methoxy groups -OCH3 is 1. The summed E-state index contributed by atoms with van der Waals surface area (Å²) in [5.41, 5.74) is 1.80. The molecular formula is C14H16N2O4S. The Morgan fingerprint density at radius 2 is 2.05 bits per heavy atom. The van der Waals surface area contributed by atoms with E-state index in [2.05, 4.69) is 9.71 Å². The van der Waals surface area contributed by atoms with Crippen molar-refractivity contribution in [1.82, 2.24) is 4.98 Å². The van der Waals surface area contributed by atoms with Crippen LogP contribution >= 0.6 is 0 Å². The molecule has 0 fully saturated rings. The molecule has 0 aliphatic heterocycles. The van der Waals surface area contributed by atoms with Crippen molar-refractivity contribution in [1.29, 1.82) is 0 Å². The molecule has 2 N–H and O–H groups in total. The SMILES string of the molecule is COc1ccc(NS(=O)(=O)c2ccc(CO)cn2)cc1C. The molecule has 2 aromatic rings. The molecule has 21 heavy (non-hydrogen) atoms. The summed E-state index contributed by atoms with van der Waals surface area (Å²) >= 11 is 0. The third-order valence-corrected chi connectivity index (χ3v) is 4.20. The summed E-state index contributed by atoms with van der Waals surface area (Å²) in [6.07, 6.45) is 1.33. The molecule has 0 amide bonds. The van der Waals surface area contributed by atoms with E-state index in [0.717, 1.165) is 5.56 Å². The quantitative estimate of drug-likeness (QED) is 0.877. The van der Waals surface area contributed by atoms with Gasteiger partial charge in [-0.05, 0) is 42.3 Å². The number of hydrogen-bond donors (Lipinski definition) is 2. The lowest BCUT2D eigenvalue weighted by Gasteiger charge is -2.10. The maximum atomic E-state index is 12.2. The molecule has 0 radical (unpaired) electrons. The fourth-order valence-electron chi connectivity index (χ4n) is 1.81. The van der Waals surface area contributed by atoms with E-state index in [-0.39, 0.29) is 11.6 Å². The number of pyridine rings is 1. The maximum Gasteiger partial charge on any atom is 0.279 e. The molecule has 0 aliphatic carbocycles. The van der Waals surface area contributed by atoms with Crippen LogP contribution in [0.25, 0.3) is 0 Å². The first kappa shape index (κ1) is 15.3. The Labute approximate surface area is 123 Å². The zero-order valence-electron chi connectivity index (χ0n) is 11.7. The molecule has 2 rings (SSSR count). The molecule has 0 bridgehead atoms. The molecule has 1 aromatic heterocycles. The van der Waals surface area contributed by atoms with Crippen LogP contribution in [0.2, 0.25) is 0 Å². The number of nitrogens with zero attached hydrogens (tertiary/aromatic N) is 1. The van der Waals surface area contributed by atoms with Crippen LogP contribution in [0.3, 0.4) is 0 Å². The van der Waals surface area contributed by atoms with Crippen LogP contribution in [0.4, 0.5) is 5.69 Å². The molecule has 0 saturated heterocycles. The van der Waals surface area contributed by atoms with Crippen LogP contribution in [0.15, 0.2) is 41.6 Å². The van der Waals surface area contributed by atoms with Crippen molar-refractivity contribution in [2.75, 3.05) is 11.8 Å². The average Bonchev–Trinajstić information content (AvgIpc) is 2.47. The van der Waals surface area contributed by atoms with Gasteiger partial charge in [-0.2, -0.15) is 8.42 Å². The Morgan fingerprint density at radius 3 is 2.57 bits per heavy atom. The Bertz CT molecular complexity index is 727. The highest BCUT2D eigenvalue weighted by Gasteiger charge is 2.16. The van der Waals surface area contributed by atoms with Crippen LogP contribution in [-0.2, 0) is 16.6 Å². The minimum Gasteiger partial charge on any atom is -0.496 e. The Morgan fingerprint density at radius 1 is 1.29 bits per heavy atom. The second-order valence-electron chi connectivity index (χ2n) is 4.45. The van der Waals surface area contributed by atoms with Gasteiger partial charge in [0.05, 0.1) is 13.7 Å². The van der Waals surface area contributed by atoms with E-state index in [1.54, 1.807) is 25.3 Å². The molecule has 0 saturated carbocycles. The summed E-state index contributed by atoms with van der Waals surface area (Å²) in [4.78, 5) is 3.84. The van der Waals surface area contributed by atoms with Gasteiger partial charge in [-0.1, -0.05) is 6.07 Å². The van der Waals surface area contributed by atoms with E-state index in [1.807, 2.05) is 6.92 Å². The number of hydrogen-bond acceptors (Lipinski definition) is 5. The number of benzene rings is 1. The molecule has 0 aliphatic rings. The topological polar surface area (TPSA) is 88.5 Å². The lowest BCUT2D eigenvalue weighted by Crippen LogP contribution is -2.14. The summed E-state index contributed by atoms with van der Waals surface area (Å²) in [5, 5.41) is 8.83. The van der Waals surface area contributed by atoms with Crippen molar-refractivity contribution in [3.8, 4) is 5.75 Å². The van der Waals surface area contributed by atoms with Crippen LogP contribution in [0.1, 0.15) is 11.1 Å². The van der Waals surface area contributed by atoms with Gasteiger partial charge in [0.25, 0.3) is 10.0 Å². The van der Waals surface area contributed by atoms with E-state index < -0.39 is 10.0 Å². The second kappa shape index (κ2) is 6.11. The first-order valence-corrected chi connectivity index (χ1v) is 7.68. The number of ether oxygens (including phenoxy) is 1. The lowest BCUT2D eigenvalue weighted by atomic mass is 10.2. The molecule has 6 nitrogen and oxygen atoms in total. The third-order valence-electron chi connectivity index (χ3n) is 2.90. The lowest BCUT2D eigenvalue weighted by molar-refractivity contribution is 0.281. The van der Waals surface area contributed by atoms with Crippen molar-refractivity contribution >= 4 is 15.7 Å². The number of aliphatic hydroxyl groups is 1. The standard InChI is InChI=1S/C14H16N2O4S/c1-10-7-12(4-5-13(10)20-2)16-21(18,19)14-6-3-11(9-17)8-15-14/h3-8,16-17H,9H2,1-2H3. The molecule has 0 unspecified atom stereocenters. The minimum absolute atomic E-state index is 0.104. The fraction of sp³-hybridized carbons (Fsp3) is 0.214. The summed E-state index contributed by atoms with van der Waals surface area (Å²) in [5.74, 6) is 0.684. The molecule has 1 heterocycles. The van der Waals surface area contributed by atoms with Crippen molar-refractivity contribution in [3.05, 3.63) is 47.7 Å². The highest BCUT2D eigenvalue weighted by molar-refractivity contribution is 7.92. The van der Waals surface area contributed by atoms with Gasteiger partial charge in [-0.3, -0.25) is 4.72 Å². The highest BCUT2D eigenvalue weighted by Crippen LogP contribution is 2.23. The summed E-state index contributed by atoms with van der Waals surface area (Å²) in [6, 6.07) is 7.85. The van der Waals surface area contributed by atoms with Gasteiger partial charge in [-0.15, -0.1) is 0 Å². The van der Waals surface area contributed by atoms with Gasteiger partial charge in [0.15, 0.2) is 5.03 Å². The van der Waals surface area contributed by atoms with Crippen molar-refractivity contribution in [3.63, 3.8) is 0 Å². The minimum atomic E-state index is -3.76. The predicted molar refractivity (Wildman–Crippen MR) is 78.7 cm³/mol. The van der Waals surface area contributed by atoms with Crippen LogP contribution in [0.5, 0.6) is 5.75 Å². The van der Waals surface area contributed by atoms with E-state index in [1.165, 1.54) is 18.3 Å². The smallest absolute Gasteiger partial charge is 0.279 e. The van der Waals surface area contributed by atoms with Crippen LogP contribution < -0.4 is 9.46 Å². The van der Waals surface area contributed by atoms with Gasteiger partial charge in [0, 0.05) is 11.9 Å². The Kier molecular flexibility index (Phi) is 4.44. The van der Waals surface area contributed by atoms with E-state index in [0.29, 0.717) is 17.0 Å². The Hall–Kier alpha value is -2.12. The molecule has 1 aromatic carbocycles. The first-order chi connectivity index (χ1) is 9.96. The number of aromatic nitrogens is 1. The van der Waals surface area contributed by atoms with Crippen molar-refractivity contribution in [2.45, 2.75) is 18.6 Å². The number of aliphatic hydroxyl groups excluding tert-OH is 1. The van der Waals surface area contributed by atoms with E-state index in [4.69, 9.17) is 9.84 Å². The highest BCUT2D eigenvalue weighted by atomic mass is 32.2. The van der Waals surface area contributed by atoms with E-state index in [9.17, 15) is 8.42 Å². The number of anilines is 1. The molecule has 7 heteroatoms. The fourth-order valence-corrected chi connectivity index (χ4v) is 2.79. The summed E-state index contributed by atoms with van der Waals surface area (Å²) in [6.45, 7) is 1.64. The number of nitrogens with one attached hydrogen (secondary N) is 1. The average molecular weight is 308 g/mol. The number of aryl methyl sites for hydroxylation is 1. The number of rotatable bonds is 5. The van der Waals surface area contributed by atoms with Gasteiger partial charge in [0.1, 0.15) is 5.75 Å². The van der Waals surface area contributed by atoms with Gasteiger partial charge in [0.2, 0.25) is 0 Å². The molecule has 0 atom stereocenters. The van der Waals surface area contributed by atoms with Crippen LogP contribution in [-0.4, -0.2) is 25.6 Å². The second-order valence-corrected chi connectivity index (χ2v) is 6.08. The zero-order valence-corrected chi connectivity index (χ0v) is 12.5. The van der Waals surface area contributed by atoms with Gasteiger partial charge in [-0.25, -0.2) is 4.98 Å². The van der Waals surface area contributed by atoms with Crippen LogP contribution in [0, 0.1) is 6.92 Å². The van der Waals surface area contributed by atoms with E-state index >= 15 is 0 Å². The summed E-state index contributed by atoms with van der Waals surface area (Å²) in [7, 11) is -2.20. The largest absolute Gasteiger partial charge is 0.496 e. The summed E-state index contributed by atoms with van der Waals surface area (Å²) < 4.78 is 32.0. The molecule has 0 spiro atoms. The van der Waals surface area contributed by atoms with Gasteiger partial charge >= 0.3 is 0 Å². The Balaban J connectivity index is 2.26. The maximum absolute atomic E-state index is 12.2. The predicted octanol–water partition coefficient (Wildman–Crippen LogP) is 1.69. The van der Waals surface area contributed by atoms with Crippen molar-refractivity contribution < 1.29 is 18.3 Å². The molecular weight excluding hydrogens is 292 g/mol. The molecule has 112 valence electrons. The first-order valence-electron chi connectivity index (χ1n) is 6.19. The number of sulfonamides is 1.